The highest BCUT2D eigenvalue weighted by atomic mass is 35.5. The number of imidazole rings is 1. The summed E-state index contributed by atoms with van der Waals surface area (Å²) in [7, 11) is 0. The first kappa shape index (κ1) is 19.1. The van der Waals surface area contributed by atoms with Gasteiger partial charge >= 0.3 is 0 Å². The maximum absolute atomic E-state index is 14.0. The van der Waals surface area contributed by atoms with Crippen LogP contribution in [0.15, 0.2) is 53.5 Å². The minimum atomic E-state index is -0.904. The molecular weight excluding hydrogens is 400 g/mol. The molecule has 0 unspecified atom stereocenters. The molecular formula is C20H16ClF2N5O. The zero-order valence-electron chi connectivity index (χ0n) is 15.4. The molecule has 4 rings (SSSR count). The second-order valence-electron chi connectivity index (χ2n) is 6.41. The molecule has 0 fully saturated rings. The molecule has 0 bridgehead atoms. The third-order valence-electron chi connectivity index (χ3n) is 4.55. The van der Waals surface area contributed by atoms with Gasteiger partial charge in [-0.1, -0.05) is 23.7 Å². The molecule has 0 radical (unpaired) electrons. The van der Waals surface area contributed by atoms with Crippen LogP contribution in [0.1, 0.15) is 5.82 Å². The number of fused-ring (bicyclic) bond motifs is 1. The molecule has 0 saturated carbocycles. The van der Waals surface area contributed by atoms with Crippen LogP contribution in [0.4, 0.5) is 14.5 Å². The lowest BCUT2D eigenvalue weighted by Crippen LogP contribution is -2.24. The van der Waals surface area contributed by atoms with Crippen LogP contribution in [0, 0.1) is 18.6 Å². The summed E-state index contributed by atoms with van der Waals surface area (Å²) in [6, 6.07) is 10.7. The molecule has 0 aliphatic carbocycles. The van der Waals surface area contributed by atoms with Gasteiger partial charge in [-0.25, -0.2) is 13.8 Å². The molecule has 148 valence electrons. The number of rotatable bonds is 5. The molecule has 0 aliphatic heterocycles. The van der Waals surface area contributed by atoms with E-state index in [1.165, 1.54) is 6.20 Å². The van der Waals surface area contributed by atoms with Crippen molar-refractivity contribution in [1.29, 1.82) is 0 Å². The smallest absolute Gasteiger partial charge is 0.292 e. The van der Waals surface area contributed by atoms with E-state index < -0.39 is 17.2 Å². The molecule has 0 saturated heterocycles. The van der Waals surface area contributed by atoms with Gasteiger partial charge < -0.3 is 9.88 Å². The highest BCUT2D eigenvalue weighted by Gasteiger charge is 2.14. The second kappa shape index (κ2) is 7.63. The number of anilines is 1. The van der Waals surface area contributed by atoms with Gasteiger partial charge in [0.2, 0.25) is 0 Å². The van der Waals surface area contributed by atoms with Crippen LogP contribution < -0.4 is 10.9 Å². The zero-order chi connectivity index (χ0) is 20.5. The van der Waals surface area contributed by atoms with Gasteiger partial charge in [0, 0.05) is 19.2 Å². The molecule has 1 N–H and O–H groups in total. The number of benzene rings is 2. The number of halogens is 3. The molecule has 2 aromatic heterocycles. The Morgan fingerprint density at radius 2 is 1.97 bits per heavy atom. The van der Waals surface area contributed by atoms with Crippen LogP contribution >= 0.6 is 11.6 Å². The highest BCUT2D eigenvalue weighted by molar-refractivity contribution is 6.32. The Balaban J connectivity index is 1.55. The van der Waals surface area contributed by atoms with Crippen molar-refractivity contribution in [2.75, 3.05) is 11.9 Å². The zero-order valence-corrected chi connectivity index (χ0v) is 16.1. The number of aromatic nitrogens is 4. The van der Waals surface area contributed by atoms with E-state index in [0.29, 0.717) is 24.8 Å². The van der Waals surface area contributed by atoms with Crippen molar-refractivity contribution >= 4 is 28.3 Å². The molecule has 2 heterocycles. The lowest BCUT2D eigenvalue weighted by Gasteiger charge is -2.12. The van der Waals surface area contributed by atoms with Crippen LogP contribution in [0.2, 0.25) is 5.02 Å². The van der Waals surface area contributed by atoms with Gasteiger partial charge in [-0.3, -0.25) is 4.79 Å². The summed E-state index contributed by atoms with van der Waals surface area (Å²) < 4.78 is 29.9. The maximum Gasteiger partial charge on any atom is 0.292 e. The van der Waals surface area contributed by atoms with Gasteiger partial charge in [0.05, 0.1) is 22.9 Å². The van der Waals surface area contributed by atoms with Crippen molar-refractivity contribution in [3.8, 4) is 5.69 Å². The number of nitrogens with zero attached hydrogens (tertiary/aromatic N) is 4. The van der Waals surface area contributed by atoms with Gasteiger partial charge in [0.1, 0.15) is 22.4 Å². The summed E-state index contributed by atoms with van der Waals surface area (Å²) in [5.41, 5.74) is 1.38. The van der Waals surface area contributed by atoms with Crippen LogP contribution in [0.3, 0.4) is 0 Å². The van der Waals surface area contributed by atoms with E-state index in [4.69, 9.17) is 11.6 Å². The molecule has 2 aromatic carbocycles. The third-order valence-corrected chi connectivity index (χ3v) is 4.92. The van der Waals surface area contributed by atoms with Gasteiger partial charge in [-0.2, -0.15) is 9.78 Å². The Morgan fingerprint density at radius 3 is 2.76 bits per heavy atom. The fourth-order valence-corrected chi connectivity index (χ4v) is 3.36. The first-order valence-corrected chi connectivity index (χ1v) is 9.22. The van der Waals surface area contributed by atoms with Gasteiger partial charge in [0.25, 0.3) is 5.56 Å². The van der Waals surface area contributed by atoms with Crippen LogP contribution in [-0.4, -0.2) is 25.9 Å². The van der Waals surface area contributed by atoms with Crippen molar-refractivity contribution in [2.45, 2.75) is 13.5 Å². The first-order chi connectivity index (χ1) is 14.0. The van der Waals surface area contributed by atoms with Crippen LogP contribution in [0.25, 0.3) is 16.7 Å². The fourth-order valence-electron chi connectivity index (χ4n) is 3.16. The SMILES string of the molecule is Cc1nc2ccccc2n1CCNc1cnn(-c2ccc(F)cc2F)c(=O)c1Cl. The summed E-state index contributed by atoms with van der Waals surface area (Å²) in [6.07, 6.45) is 1.34. The Bertz CT molecular complexity index is 1270. The number of aryl methyl sites for hydroxylation is 1. The van der Waals surface area contributed by atoms with E-state index in [1.54, 1.807) is 0 Å². The van der Waals surface area contributed by atoms with Crippen molar-refractivity contribution < 1.29 is 8.78 Å². The molecule has 9 heteroatoms. The van der Waals surface area contributed by atoms with Gasteiger partial charge in [-0.05, 0) is 31.2 Å². The normalized spacial score (nSPS) is 11.2. The van der Waals surface area contributed by atoms with Crippen molar-refractivity contribution in [3.63, 3.8) is 0 Å². The third kappa shape index (κ3) is 3.58. The maximum atomic E-state index is 14.0. The lowest BCUT2D eigenvalue weighted by molar-refractivity contribution is 0.570. The number of para-hydroxylation sites is 2. The minimum absolute atomic E-state index is 0.129. The number of nitrogens with one attached hydrogen (secondary N) is 1. The van der Waals surface area contributed by atoms with E-state index in [2.05, 4.69) is 20.0 Å². The fraction of sp³-hybridized carbons (Fsp3) is 0.150. The van der Waals surface area contributed by atoms with E-state index in [-0.39, 0.29) is 10.7 Å². The number of hydrogen-bond donors (Lipinski definition) is 1. The molecule has 0 spiro atoms. The summed E-state index contributed by atoms with van der Waals surface area (Å²) in [6.45, 7) is 2.99. The molecule has 0 amide bonds. The predicted octanol–water partition coefficient (Wildman–Crippen LogP) is 3.93. The van der Waals surface area contributed by atoms with Gasteiger partial charge in [0.15, 0.2) is 5.82 Å². The van der Waals surface area contributed by atoms with E-state index >= 15 is 0 Å². The monoisotopic (exact) mass is 415 g/mol. The van der Waals surface area contributed by atoms with Crippen LogP contribution in [0.5, 0.6) is 0 Å². The Kier molecular flexibility index (Phi) is 5.02. The summed E-state index contributed by atoms with van der Waals surface area (Å²) in [5.74, 6) is -0.774. The minimum Gasteiger partial charge on any atom is -0.381 e. The summed E-state index contributed by atoms with van der Waals surface area (Å²) >= 11 is 6.17. The molecule has 0 atom stereocenters. The summed E-state index contributed by atoms with van der Waals surface area (Å²) in [5, 5.41) is 6.91. The average Bonchev–Trinajstić information content (AvgIpc) is 3.01. The first-order valence-electron chi connectivity index (χ1n) is 8.84. The second-order valence-corrected chi connectivity index (χ2v) is 6.79. The molecule has 0 aliphatic rings. The van der Waals surface area contributed by atoms with Crippen molar-refractivity contribution in [1.82, 2.24) is 19.3 Å². The summed E-state index contributed by atoms with van der Waals surface area (Å²) in [4.78, 5) is 17.0. The highest BCUT2D eigenvalue weighted by Crippen LogP contribution is 2.19. The quantitative estimate of drug-likeness (QED) is 0.536. The Labute approximate surface area is 169 Å². The number of hydrogen-bond acceptors (Lipinski definition) is 4. The molecule has 4 aromatic rings. The lowest BCUT2D eigenvalue weighted by atomic mass is 10.3. The predicted molar refractivity (Wildman–Crippen MR) is 108 cm³/mol. The largest absolute Gasteiger partial charge is 0.381 e. The molecule has 29 heavy (non-hydrogen) atoms. The van der Waals surface area contributed by atoms with E-state index in [0.717, 1.165) is 33.7 Å². The van der Waals surface area contributed by atoms with E-state index in [1.807, 2.05) is 31.2 Å². The Hall–Kier alpha value is -3.26. The topological polar surface area (TPSA) is 64.7 Å². The van der Waals surface area contributed by atoms with Crippen LogP contribution in [-0.2, 0) is 6.54 Å². The van der Waals surface area contributed by atoms with E-state index in [9.17, 15) is 13.6 Å². The van der Waals surface area contributed by atoms with Crippen molar-refractivity contribution in [3.05, 3.63) is 81.5 Å². The van der Waals surface area contributed by atoms with Crippen molar-refractivity contribution in [2.24, 2.45) is 0 Å². The van der Waals surface area contributed by atoms with Gasteiger partial charge in [-0.15, -0.1) is 0 Å². The standard InChI is InChI=1S/C20H16ClF2N5O/c1-12-26-15-4-2-3-5-18(15)27(12)9-8-24-16-11-25-28(20(29)19(16)21)17-7-6-13(22)10-14(17)23/h2-7,10-11,24H,8-9H2,1H3. The Morgan fingerprint density at radius 1 is 1.17 bits per heavy atom. The molecule has 6 nitrogen and oxygen atoms in total. The average molecular weight is 416 g/mol.